The Morgan fingerprint density at radius 3 is 2.50 bits per heavy atom. The van der Waals surface area contributed by atoms with Gasteiger partial charge in [0, 0.05) is 20.0 Å². The molecule has 4 heteroatoms. The number of thiophene rings is 1. The molecule has 0 aliphatic rings. The van der Waals surface area contributed by atoms with Gasteiger partial charge >= 0.3 is 0 Å². The molecule has 16 heavy (non-hydrogen) atoms. The Morgan fingerprint density at radius 2 is 1.94 bits per heavy atom. The summed E-state index contributed by atoms with van der Waals surface area (Å²) >= 11 is 7.11. The molecular formula is C12H11BrOS2. The second-order valence-electron chi connectivity index (χ2n) is 3.28. The number of hydrogen-bond acceptors (Lipinski definition) is 3. The van der Waals surface area contributed by atoms with E-state index in [4.69, 9.17) is 5.11 Å². The molecule has 0 amide bonds. The van der Waals surface area contributed by atoms with Crippen LogP contribution < -0.4 is 0 Å². The van der Waals surface area contributed by atoms with Gasteiger partial charge in [-0.3, -0.25) is 0 Å². The Kier molecular flexibility index (Phi) is 4.46. The zero-order chi connectivity index (χ0) is 11.4. The van der Waals surface area contributed by atoms with Crippen LogP contribution in [0.15, 0.2) is 45.1 Å². The zero-order valence-electron chi connectivity index (χ0n) is 8.52. The van der Waals surface area contributed by atoms with Gasteiger partial charge in [0.15, 0.2) is 0 Å². The van der Waals surface area contributed by atoms with Crippen molar-refractivity contribution in [2.45, 2.75) is 17.3 Å². The molecular weight excluding hydrogens is 304 g/mol. The lowest BCUT2D eigenvalue weighted by Gasteiger charge is -2.02. The van der Waals surface area contributed by atoms with Gasteiger partial charge in [-0.25, -0.2) is 0 Å². The summed E-state index contributed by atoms with van der Waals surface area (Å²) in [6.45, 7) is 0.113. The molecule has 0 aliphatic heterocycles. The van der Waals surface area contributed by atoms with E-state index in [0.717, 1.165) is 11.3 Å². The van der Waals surface area contributed by atoms with Crippen LogP contribution >= 0.6 is 39.0 Å². The van der Waals surface area contributed by atoms with Crippen molar-refractivity contribution in [3.63, 3.8) is 0 Å². The predicted octanol–water partition coefficient (Wildman–Crippen LogP) is 4.30. The maximum Gasteiger partial charge on any atom is 0.0681 e. The second kappa shape index (κ2) is 5.87. The van der Waals surface area contributed by atoms with Crippen LogP contribution in [0.4, 0.5) is 0 Å². The zero-order valence-corrected chi connectivity index (χ0v) is 11.7. The average molecular weight is 315 g/mol. The summed E-state index contributed by atoms with van der Waals surface area (Å²) < 4.78 is 1.19. The average Bonchev–Trinajstić information content (AvgIpc) is 2.73. The fourth-order valence-corrected chi connectivity index (χ4v) is 3.96. The van der Waals surface area contributed by atoms with Crippen molar-refractivity contribution in [3.05, 3.63) is 50.6 Å². The quantitative estimate of drug-likeness (QED) is 0.849. The lowest BCUT2D eigenvalue weighted by molar-refractivity contribution is 0.282. The Morgan fingerprint density at radius 1 is 1.19 bits per heavy atom. The Balaban J connectivity index is 1.97. The van der Waals surface area contributed by atoms with Crippen molar-refractivity contribution in [1.29, 1.82) is 0 Å². The molecule has 0 saturated heterocycles. The van der Waals surface area contributed by atoms with Crippen LogP contribution in [0.1, 0.15) is 10.4 Å². The van der Waals surface area contributed by atoms with Crippen molar-refractivity contribution in [1.82, 2.24) is 0 Å². The number of thioether (sulfide) groups is 1. The highest BCUT2D eigenvalue weighted by Crippen LogP contribution is 2.30. The molecule has 0 atom stereocenters. The number of aliphatic hydroxyl groups is 1. The molecule has 1 nitrogen and oxygen atoms in total. The molecule has 1 aromatic carbocycles. The molecule has 0 saturated carbocycles. The maximum atomic E-state index is 8.93. The van der Waals surface area contributed by atoms with Gasteiger partial charge < -0.3 is 5.11 Å². The standard InChI is InChI=1S/C12H11BrOS2/c13-11-5-6-15-12(11)8-16-10-3-1-9(7-14)2-4-10/h1-6,14H,7-8H2. The smallest absolute Gasteiger partial charge is 0.0681 e. The van der Waals surface area contributed by atoms with E-state index in [2.05, 4.69) is 39.5 Å². The van der Waals surface area contributed by atoms with E-state index < -0.39 is 0 Å². The summed E-state index contributed by atoms with van der Waals surface area (Å²) in [4.78, 5) is 2.59. The van der Waals surface area contributed by atoms with Gasteiger partial charge in [0.05, 0.1) is 6.61 Å². The number of hydrogen-bond donors (Lipinski definition) is 1. The van der Waals surface area contributed by atoms with Crippen molar-refractivity contribution in [3.8, 4) is 0 Å². The Labute approximate surface area is 112 Å². The van der Waals surface area contributed by atoms with Gasteiger partial charge in [0.25, 0.3) is 0 Å². The number of benzene rings is 1. The summed E-state index contributed by atoms with van der Waals surface area (Å²) in [6.07, 6.45) is 0. The minimum atomic E-state index is 0.113. The highest BCUT2D eigenvalue weighted by Gasteiger charge is 2.02. The molecule has 0 aliphatic carbocycles. The largest absolute Gasteiger partial charge is 0.392 e. The fourth-order valence-electron chi connectivity index (χ4n) is 1.27. The van der Waals surface area contributed by atoms with Gasteiger partial charge in [0.1, 0.15) is 0 Å². The molecule has 84 valence electrons. The van der Waals surface area contributed by atoms with E-state index >= 15 is 0 Å². The van der Waals surface area contributed by atoms with Crippen LogP contribution in [-0.4, -0.2) is 5.11 Å². The molecule has 0 fully saturated rings. The fraction of sp³-hybridized carbons (Fsp3) is 0.167. The lowest BCUT2D eigenvalue weighted by atomic mass is 10.2. The molecule has 0 radical (unpaired) electrons. The first-order valence-electron chi connectivity index (χ1n) is 4.84. The van der Waals surface area contributed by atoms with Gasteiger partial charge in [-0.1, -0.05) is 12.1 Å². The van der Waals surface area contributed by atoms with Crippen LogP contribution in [0, 0.1) is 0 Å². The summed E-state index contributed by atoms with van der Waals surface area (Å²) in [7, 11) is 0. The normalized spacial score (nSPS) is 10.6. The summed E-state index contributed by atoms with van der Waals surface area (Å²) in [5.41, 5.74) is 0.960. The maximum absolute atomic E-state index is 8.93. The first-order valence-corrected chi connectivity index (χ1v) is 7.50. The first kappa shape index (κ1) is 12.2. The third-order valence-electron chi connectivity index (χ3n) is 2.17. The monoisotopic (exact) mass is 314 g/mol. The Hall–Kier alpha value is -0.290. The van der Waals surface area contributed by atoms with Gasteiger partial charge in [-0.15, -0.1) is 23.1 Å². The van der Waals surface area contributed by atoms with Crippen molar-refractivity contribution in [2.24, 2.45) is 0 Å². The molecule has 0 unspecified atom stereocenters. The van der Waals surface area contributed by atoms with E-state index in [9.17, 15) is 0 Å². The first-order chi connectivity index (χ1) is 7.79. The van der Waals surface area contributed by atoms with E-state index in [1.807, 2.05) is 23.9 Å². The molecule has 1 N–H and O–H groups in total. The molecule has 1 heterocycles. The molecule has 1 aromatic heterocycles. The van der Waals surface area contributed by atoms with Crippen molar-refractivity contribution < 1.29 is 5.11 Å². The molecule has 0 bridgehead atoms. The van der Waals surface area contributed by atoms with Crippen LogP contribution in [0.25, 0.3) is 0 Å². The molecule has 0 spiro atoms. The van der Waals surface area contributed by atoms with Crippen molar-refractivity contribution >= 4 is 39.0 Å². The van der Waals surface area contributed by atoms with Gasteiger partial charge in [0.2, 0.25) is 0 Å². The number of halogens is 1. The minimum absolute atomic E-state index is 0.113. The molecule has 2 rings (SSSR count). The highest BCUT2D eigenvalue weighted by molar-refractivity contribution is 9.10. The topological polar surface area (TPSA) is 20.2 Å². The third-order valence-corrected chi connectivity index (χ3v) is 5.31. The predicted molar refractivity (Wildman–Crippen MR) is 73.9 cm³/mol. The Bertz CT molecular complexity index is 450. The van der Waals surface area contributed by atoms with E-state index in [-0.39, 0.29) is 6.61 Å². The second-order valence-corrected chi connectivity index (χ2v) is 6.19. The van der Waals surface area contributed by atoms with Crippen LogP contribution in [-0.2, 0) is 12.4 Å². The van der Waals surface area contributed by atoms with Crippen LogP contribution in [0.2, 0.25) is 0 Å². The van der Waals surface area contributed by atoms with Gasteiger partial charge in [-0.2, -0.15) is 0 Å². The highest BCUT2D eigenvalue weighted by atomic mass is 79.9. The minimum Gasteiger partial charge on any atom is -0.392 e. The third kappa shape index (κ3) is 3.10. The van der Waals surface area contributed by atoms with Crippen LogP contribution in [0.3, 0.4) is 0 Å². The summed E-state index contributed by atoms with van der Waals surface area (Å²) in [5, 5.41) is 11.0. The van der Waals surface area contributed by atoms with E-state index in [1.165, 1.54) is 14.2 Å². The van der Waals surface area contributed by atoms with Gasteiger partial charge in [-0.05, 0) is 45.1 Å². The van der Waals surface area contributed by atoms with E-state index in [0.29, 0.717) is 0 Å². The summed E-state index contributed by atoms with van der Waals surface area (Å²) in [5.74, 6) is 0.983. The molecule has 2 aromatic rings. The number of aliphatic hydroxyl groups excluding tert-OH is 1. The number of rotatable bonds is 4. The van der Waals surface area contributed by atoms with E-state index in [1.54, 1.807) is 11.3 Å². The SMILES string of the molecule is OCc1ccc(SCc2sccc2Br)cc1. The lowest BCUT2D eigenvalue weighted by Crippen LogP contribution is -1.82. The summed E-state index contributed by atoms with van der Waals surface area (Å²) in [6, 6.07) is 10.1. The van der Waals surface area contributed by atoms with Crippen LogP contribution in [0.5, 0.6) is 0 Å². The van der Waals surface area contributed by atoms with Crippen molar-refractivity contribution in [2.75, 3.05) is 0 Å².